The summed E-state index contributed by atoms with van der Waals surface area (Å²) in [6.45, 7) is 2.14. The number of aliphatic hydroxyl groups is 1. The first-order valence-corrected chi connectivity index (χ1v) is 8.22. The van der Waals surface area contributed by atoms with Crippen LogP contribution in [0.1, 0.15) is 28.6 Å². The number of hydrogen-bond acceptors (Lipinski definition) is 3. The lowest BCUT2D eigenvalue weighted by Gasteiger charge is -2.37. The normalized spacial score (nSPS) is 16.6. The van der Waals surface area contributed by atoms with Gasteiger partial charge in [0, 0.05) is 12.7 Å². The number of benzene rings is 1. The van der Waals surface area contributed by atoms with Gasteiger partial charge in [-0.1, -0.05) is 24.3 Å². The minimum atomic E-state index is -0.440. The maximum absolute atomic E-state index is 13.9. The zero-order valence-electron chi connectivity index (χ0n) is 14.0. The summed E-state index contributed by atoms with van der Waals surface area (Å²) >= 11 is 0. The highest BCUT2D eigenvalue weighted by Crippen LogP contribution is 2.36. The van der Waals surface area contributed by atoms with Crippen LogP contribution in [0.5, 0.6) is 0 Å². The minimum absolute atomic E-state index is 0. The van der Waals surface area contributed by atoms with E-state index in [9.17, 15) is 9.50 Å². The molecule has 0 saturated carbocycles. The van der Waals surface area contributed by atoms with E-state index < -0.39 is 6.67 Å². The number of fused-ring (bicyclic) bond motifs is 2. The van der Waals surface area contributed by atoms with Gasteiger partial charge in [-0.2, -0.15) is 0 Å². The number of imidazole rings is 1. The second-order valence-electron chi connectivity index (χ2n) is 6.20. The molecule has 1 N–H and O–H groups in total. The van der Waals surface area contributed by atoms with E-state index in [-0.39, 0.29) is 25.1 Å². The Labute approximate surface area is 152 Å². The minimum Gasteiger partial charge on any atom is -0.390 e. The molecular formula is C19H21ClFN3O. The largest absolute Gasteiger partial charge is 0.390 e. The van der Waals surface area contributed by atoms with Crippen molar-refractivity contribution in [2.45, 2.75) is 26.0 Å². The SMILES string of the molecule is Cc1nc2c(N3CCc4ccccc4C3CF)cccn2c1CO.Cl. The number of aryl methyl sites for hydroxylation is 1. The highest BCUT2D eigenvalue weighted by atomic mass is 35.5. The molecule has 1 aliphatic heterocycles. The number of hydrogen-bond donors (Lipinski definition) is 1. The standard InChI is InChI=1S/C19H20FN3O.ClH/c1-13-18(12-24)23-9-4-7-16(19(23)21-13)22-10-8-14-5-2-3-6-15(14)17(22)11-20;/h2-7,9,17,24H,8,10-12H2,1H3;1H. The fraction of sp³-hybridized carbons (Fsp3) is 0.316. The molecule has 0 radical (unpaired) electrons. The molecule has 4 rings (SSSR count). The highest BCUT2D eigenvalue weighted by molar-refractivity contribution is 5.85. The Morgan fingerprint density at radius 3 is 2.80 bits per heavy atom. The van der Waals surface area contributed by atoms with Crippen molar-refractivity contribution in [1.82, 2.24) is 9.38 Å². The van der Waals surface area contributed by atoms with Gasteiger partial charge in [0.2, 0.25) is 0 Å². The van der Waals surface area contributed by atoms with E-state index in [1.54, 1.807) is 0 Å². The average Bonchev–Trinajstić information content (AvgIpc) is 2.95. The smallest absolute Gasteiger partial charge is 0.161 e. The van der Waals surface area contributed by atoms with Crippen LogP contribution in [0.2, 0.25) is 0 Å². The Kier molecular flexibility index (Phi) is 4.97. The topological polar surface area (TPSA) is 40.8 Å². The lowest BCUT2D eigenvalue weighted by Crippen LogP contribution is -2.37. The van der Waals surface area contributed by atoms with Gasteiger partial charge < -0.3 is 10.0 Å². The summed E-state index contributed by atoms with van der Waals surface area (Å²) in [5.41, 5.74) is 5.55. The van der Waals surface area contributed by atoms with Gasteiger partial charge in [-0.25, -0.2) is 9.37 Å². The molecule has 2 aromatic heterocycles. The van der Waals surface area contributed by atoms with Crippen LogP contribution in [-0.4, -0.2) is 27.7 Å². The number of nitrogens with zero attached hydrogens (tertiary/aromatic N) is 3. The molecule has 1 unspecified atom stereocenters. The summed E-state index contributed by atoms with van der Waals surface area (Å²) in [7, 11) is 0. The summed E-state index contributed by atoms with van der Waals surface area (Å²) in [5, 5.41) is 9.60. The Bertz CT molecular complexity index is 896. The number of alkyl halides is 1. The van der Waals surface area contributed by atoms with Crippen LogP contribution in [0.4, 0.5) is 10.1 Å². The van der Waals surface area contributed by atoms with Crippen LogP contribution in [0, 0.1) is 6.92 Å². The third-order valence-corrected chi connectivity index (χ3v) is 4.95. The van der Waals surface area contributed by atoms with Crippen molar-refractivity contribution < 1.29 is 9.50 Å². The fourth-order valence-electron chi connectivity index (χ4n) is 3.74. The van der Waals surface area contributed by atoms with E-state index in [1.165, 1.54) is 5.56 Å². The Morgan fingerprint density at radius 2 is 2.04 bits per heavy atom. The summed E-state index contributed by atoms with van der Waals surface area (Å²) in [6, 6.07) is 11.7. The second kappa shape index (κ2) is 7.02. The summed E-state index contributed by atoms with van der Waals surface area (Å²) < 4.78 is 15.8. The van der Waals surface area contributed by atoms with Crippen LogP contribution in [0.25, 0.3) is 5.65 Å². The van der Waals surface area contributed by atoms with Crippen LogP contribution in [-0.2, 0) is 13.0 Å². The van der Waals surface area contributed by atoms with E-state index in [4.69, 9.17) is 0 Å². The van der Waals surface area contributed by atoms with E-state index in [0.717, 1.165) is 41.3 Å². The van der Waals surface area contributed by atoms with Gasteiger partial charge in [0.05, 0.1) is 29.7 Å². The van der Waals surface area contributed by atoms with Crippen LogP contribution in [0.15, 0.2) is 42.6 Å². The van der Waals surface area contributed by atoms with Gasteiger partial charge in [0.25, 0.3) is 0 Å². The molecular weight excluding hydrogens is 341 g/mol. The third kappa shape index (κ3) is 2.77. The Morgan fingerprint density at radius 1 is 1.24 bits per heavy atom. The van der Waals surface area contributed by atoms with E-state index in [2.05, 4.69) is 16.0 Å². The van der Waals surface area contributed by atoms with Crippen LogP contribution >= 0.6 is 12.4 Å². The summed E-state index contributed by atoms with van der Waals surface area (Å²) in [4.78, 5) is 6.73. The molecule has 6 heteroatoms. The number of anilines is 1. The lowest BCUT2D eigenvalue weighted by atomic mass is 9.93. The van der Waals surface area contributed by atoms with Crippen molar-refractivity contribution in [3.63, 3.8) is 0 Å². The number of halogens is 2. The van der Waals surface area contributed by atoms with Gasteiger partial charge >= 0.3 is 0 Å². The molecule has 0 fully saturated rings. The highest BCUT2D eigenvalue weighted by Gasteiger charge is 2.29. The van der Waals surface area contributed by atoms with Crippen molar-refractivity contribution in [2.75, 3.05) is 18.1 Å². The van der Waals surface area contributed by atoms with Gasteiger partial charge in [-0.05, 0) is 36.6 Å². The molecule has 1 atom stereocenters. The molecule has 4 nitrogen and oxygen atoms in total. The van der Waals surface area contributed by atoms with E-state index >= 15 is 0 Å². The predicted molar refractivity (Wildman–Crippen MR) is 99.3 cm³/mol. The fourth-order valence-corrected chi connectivity index (χ4v) is 3.74. The lowest BCUT2D eigenvalue weighted by molar-refractivity contribution is 0.275. The summed E-state index contributed by atoms with van der Waals surface area (Å²) in [5.74, 6) is 0. The maximum atomic E-state index is 13.9. The van der Waals surface area contributed by atoms with Crippen LogP contribution in [0.3, 0.4) is 0 Å². The first-order chi connectivity index (χ1) is 11.7. The molecule has 132 valence electrons. The molecule has 0 spiro atoms. The second-order valence-corrected chi connectivity index (χ2v) is 6.20. The van der Waals surface area contributed by atoms with Gasteiger partial charge in [-0.15, -0.1) is 12.4 Å². The molecule has 3 aromatic rings. The molecule has 0 aliphatic carbocycles. The first-order valence-electron chi connectivity index (χ1n) is 8.22. The quantitative estimate of drug-likeness (QED) is 0.774. The molecule has 3 heterocycles. The predicted octanol–water partition coefficient (Wildman–Crippen LogP) is 3.63. The van der Waals surface area contributed by atoms with Crippen molar-refractivity contribution in [3.05, 3.63) is 65.1 Å². The van der Waals surface area contributed by atoms with E-state index in [0.29, 0.717) is 0 Å². The molecule has 0 saturated heterocycles. The number of rotatable bonds is 3. The zero-order chi connectivity index (χ0) is 16.7. The van der Waals surface area contributed by atoms with Crippen molar-refractivity contribution >= 4 is 23.7 Å². The average molecular weight is 362 g/mol. The Balaban J connectivity index is 0.00000182. The molecule has 1 aromatic carbocycles. The van der Waals surface area contributed by atoms with E-state index in [1.807, 2.05) is 47.9 Å². The van der Waals surface area contributed by atoms with Gasteiger partial charge in [-0.3, -0.25) is 4.40 Å². The molecule has 0 amide bonds. The third-order valence-electron chi connectivity index (χ3n) is 4.95. The monoisotopic (exact) mass is 361 g/mol. The number of pyridine rings is 1. The van der Waals surface area contributed by atoms with Crippen LogP contribution < -0.4 is 4.90 Å². The van der Waals surface area contributed by atoms with Crippen molar-refractivity contribution in [2.24, 2.45) is 0 Å². The first kappa shape index (κ1) is 17.7. The van der Waals surface area contributed by atoms with Gasteiger partial charge in [0.15, 0.2) is 5.65 Å². The number of aromatic nitrogens is 2. The molecule has 0 bridgehead atoms. The van der Waals surface area contributed by atoms with Crippen molar-refractivity contribution in [3.8, 4) is 0 Å². The molecule has 1 aliphatic rings. The Hall–Kier alpha value is -2.11. The van der Waals surface area contributed by atoms with Crippen molar-refractivity contribution in [1.29, 1.82) is 0 Å². The van der Waals surface area contributed by atoms with Gasteiger partial charge in [0.1, 0.15) is 6.67 Å². The summed E-state index contributed by atoms with van der Waals surface area (Å²) in [6.07, 6.45) is 2.78. The number of aliphatic hydroxyl groups excluding tert-OH is 1. The molecule has 25 heavy (non-hydrogen) atoms. The maximum Gasteiger partial charge on any atom is 0.161 e. The zero-order valence-corrected chi connectivity index (χ0v) is 14.8.